The van der Waals surface area contributed by atoms with Crippen molar-refractivity contribution in [3.8, 4) is 6.07 Å². The lowest BCUT2D eigenvalue weighted by molar-refractivity contribution is -0.118. The SMILES string of the molecule is N#CCc1ccc(NC(=O)CC2(CN)CCCCC2)cc1. The quantitative estimate of drug-likeness (QED) is 0.872. The predicted octanol–water partition coefficient (Wildman–Crippen LogP) is 2.99. The Labute approximate surface area is 126 Å². The van der Waals surface area contributed by atoms with Gasteiger partial charge < -0.3 is 11.1 Å². The summed E-state index contributed by atoms with van der Waals surface area (Å²) in [6.45, 7) is 0.585. The molecule has 2 rings (SSSR count). The van der Waals surface area contributed by atoms with Gasteiger partial charge in [-0.15, -0.1) is 0 Å². The van der Waals surface area contributed by atoms with Gasteiger partial charge in [-0.2, -0.15) is 5.26 Å². The van der Waals surface area contributed by atoms with E-state index in [2.05, 4.69) is 11.4 Å². The van der Waals surface area contributed by atoms with Crippen LogP contribution in [0.3, 0.4) is 0 Å². The molecule has 0 saturated heterocycles. The number of rotatable bonds is 5. The van der Waals surface area contributed by atoms with E-state index in [0.29, 0.717) is 19.4 Å². The number of benzene rings is 1. The minimum absolute atomic E-state index is 0.0108. The Morgan fingerprint density at radius 2 is 1.90 bits per heavy atom. The van der Waals surface area contributed by atoms with Crippen molar-refractivity contribution in [2.24, 2.45) is 11.1 Å². The molecule has 3 N–H and O–H groups in total. The standard InChI is InChI=1S/C17H23N3O/c18-11-8-14-4-6-15(7-5-14)20-16(21)12-17(13-19)9-2-1-3-10-17/h4-7H,1-3,8-10,12-13,19H2,(H,20,21). The molecule has 0 spiro atoms. The van der Waals surface area contributed by atoms with Gasteiger partial charge in [0.1, 0.15) is 0 Å². The van der Waals surface area contributed by atoms with Crippen LogP contribution >= 0.6 is 0 Å². The molecule has 0 radical (unpaired) electrons. The summed E-state index contributed by atoms with van der Waals surface area (Å²) in [4.78, 5) is 12.2. The van der Waals surface area contributed by atoms with Gasteiger partial charge in [0.25, 0.3) is 0 Å². The second-order valence-corrected chi connectivity index (χ2v) is 6.02. The van der Waals surface area contributed by atoms with Crippen molar-refractivity contribution in [1.82, 2.24) is 0 Å². The molecule has 0 heterocycles. The largest absolute Gasteiger partial charge is 0.330 e. The third kappa shape index (κ3) is 4.30. The minimum Gasteiger partial charge on any atom is -0.330 e. The van der Waals surface area contributed by atoms with Crippen LogP contribution in [0.25, 0.3) is 0 Å². The monoisotopic (exact) mass is 285 g/mol. The van der Waals surface area contributed by atoms with Gasteiger partial charge in [0.2, 0.25) is 5.91 Å². The average Bonchev–Trinajstić information content (AvgIpc) is 2.50. The Kier molecular flexibility index (Phi) is 5.35. The van der Waals surface area contributed by atoms with E-state index in [0.717, 1.165) is 24.1 Å². The summed E-state index contributed by atoms with van der Waals surface area (Å²) in [5.41, 5.74) is 7.65. The summed E-state index contributed by atoms with van der Waals surface area (Å²) in [5, 5.41) is 11.6. The number of hydrogen-bond acceptors (Lipinski definition) is 3. The van der Waals surface area contributed by atoms with Crippen LogP contribution in [0.5, 0.6) is 0 Å². The first-order valence-corrected chi connectivity index (χ1v) is 7.63. The maximum absolute atomic E-state index is 12.2. The van der Waals surface area contributed by atoms with Crippen molar-refractivity contribution < 1.29 is 4.79 Å². The molecule has 0 aromatic heterocycles. The molecule has 21 heavy (non-hydrogen) atoms. The van der Waals surface area contributed by atoms with Crippen molar-refractivity contribution in [2.45, 2.75) is 44.9 Å². The van der Waals surface area contributed by atoms with Crippen molar-refractivity contribution in [3.63, 3.8) is 0 Å². The number of nitriles is 1. The van der Waals surface area contributed by atoms with E-state index in [4.69, 9.17) is 11.0 Å². The molecule has 4 heteroatoms. The first-order chi connectivity index (χ1) is 10.2. The molecule has 1 aromatic carbocycles. The minimum atomic E-state index is -0.0108. The van der Waals surface area contributed by atoms with E-state index in [1.54, 1.807) is 0 Å². The van der Waals surface area contributed by atoms with Gasteiger partial charge in [0.15, 0.2) is 0 Å². The van der Waals surface area contributed by atoms with Gasteiger partial charge in [-0.25, -0.2) is 0 Å². The average molecular weight is 285 g/mol. The van der Waals surface area contributed by atoms with Crippen molar-refractivity contribution in [3.05, 3.63) is 29.8 Å². The number of carbonyl (C=O) groups excluding carboxylic acids is 1. The van der Waals surface area contributed by atoms with Crippen LogP contribution in [0.4, 0.5) is 5.69 Å². The Bertz CT molecular complexity index is 510. The van der Waals surface area contributed by atoms with E-state index in [9.17, 15) is 4.79 Å². The Hall–Kier alpha value is -1.86. The van der Waals surface area contributed by atoms with Crippen LogP contribution < -0.4 is 11.1 Å². The molecule has 1 saturated carbocycles. The van der Waals surface area contributed by atoms with Crippen molar-refractivity contribution >= 4 is 11.6 Å². The summed E-state index contributed by atoms with van der Waals surface area (Å²) in [6, 6.07) is 9.55. The van der Waals surface area contributed by atoms with Crippen LogP contribution in [0, 0.1) is 16.7 Å². The topological polar surface area (TPSA) is 78.9 Å². The lowest BCUT2D eigenvalue weighted by Gasteiger charge is -2.35. The third-order valence-corrected chi connectivity index (χ3v) is 4.40. The number of hydrogen-bond donors (Lipinski definition) is 2. The highest BCUT2D eigenvalue weighted by Crippen LogP contribution is 2.38. The molecule has 1 aliphatic carbocycles. The number of nitrogens with one attached hydrogen (secondary N) is 1. The second-order valence-electron chi connectivity index (χ2n) is 6.02. The Balaban J connectivity index is 1.93. The van der Waals surface area contributed by atoms with Crippen LogP contribution in [-0.2, 0) is 11.2 Å². The summed E-state index contributed by atoms with van der Waals surface area (Å²) >= 11 is 0. The molecule has 1 aliphatic rings. The Morgan fingerprint density at radius 1 is 1.24 bits per heavy atom. The summed E-state index contributed by atoms with van der Waals surface area (Å²) in [6.07, 6.45) is 6.61. The molecular weight excluding hydrogens is 262 g/mol. The fourth-order valence-corrected chi connectivity index (χ4v) is 3.10. The molecule has 0 bridgehead atoms. The maximum atomic E-state index is 12.2. The first kappa shape index (κ1) is 15.5. The lowest BCUT2D eigenvalue weighted by Crippen LogP contribution is -2.36. The zero-order valence-corrected chi connectivity index (χ0v) is 12.4. The van der Waals surface area contributed by atoms with E-state index >= 15 is 0 Å². The number of nitrogens with two attached hydrogens (primary N) is 1. The summed E-state index contributed by atoms with van der Waals surface area (Å²) in [7, 11) is 0. The Morgan fingerprint density at radius 3 is 2.48 bits per heavy atom. The fourth-order valence-electron chi connectivity index (χ4n) is 3.10. The van der Waals surface area contributed by atoms with E-state index in [-0.39, 0.29) is 11.3 Å². The zero-order chi connectivity index (χ0) is 15.1. The van der Waals surface area contributed by atoms with E-state index < -0.39 is 0 Å². The lowest BCUT2D eigenvalue weighted by atomic mass is 9.71. The number of amides is 1. The molecule has 112 valence electrons. The van der Waals surface area contributed by atoms with Gasteiger partial charge in [0.05, 0.1) is 12.5 Å². The second kappa shape index (κ2) is 7.24. The van der Waals surface area contributed by atoms with Gasteiger partial charge in [-0.3, -0.25) is 4.79 Å². The van der Waals surface area contributed by atoms with Crippen LogP contribution in [0.2, 0.25) is 0 Å². The van der Waals surface area contributed by atoms with E-state index in [1.807, 2.05) is 24.3 Å². The normalized spacial score (nSPS) is 17.0. The molecular formula is C17H23N3O. The first-order valence-electron chi connectivity index (χ1n) is 7.63. The van der Waals surface area contributed by atoms with Crippen molar-refractivity contribution in [2.75, 3.05) is 11.9 Å². The summed E-state index contributed by atoms with van der Waals surface area (Å²) in [5.74, 6) is 0.0374. The van der Waals surface area contributed by atoms with Gasteiger partial charge >= 0.3 is 0 Å². The molecule has 1 fully saturated rings. The van der Waals surface area contributed by atoms with Gasteiger partial charge in [-0.05, 0) is 42.5 Å². The molecule has 4 nitrogen and oxygen atoms in total. The van der Waals surface area contributed by atoms with E-state index in [1.165, 1.54) is 19.3 Å². The summed E-state index contributed by atoms with van der Waals surface area (Å²) < 4.78 is 0. The van der Waals surface area contributed by atoms with Gasteiger partial charge in [0, 0.05) is 12.1 Å². The van der Waals surface area contributed by atoms with Crippen LogP contribution in [0.1, 0.15) is 44.1 Å². The highest BCUT2D eigenvalue weighted by Gasteiger charge is 2.32. The molecule has 1 aromatic rings. The molecule has 1 amide bonds. The highest BCUT2D eigenvalue weighted by atomic mass is 16.1. The van der Waals surface area contributed by atoms with Crippen molar-refractivity contribution in [1.29, 1.82) is 5.26 Å². The fraction of sp³-hybridized carbons (Fsp3) is 0.529. The highest BCUT2D eigenvalue weighted by molar-refractivity contribution is 5.91. The molecule has 0 atom stereocenters. The maximum Gasteiger partial charge on any atom is 0.224 e. The van der Waals surface area contributed by atoms with Gasteiger partial charge in [-0.1, -0.05) is 31.4 Å². The van der Waals surface area contributed by atoms with Crippen LogP contribution in [0.15, 0.2) is 24.3 Å². The number of carbonyl (C=O) groups is 1. The number of nitrogens with zero attached hydrogens (tertiary/aromatic N) is 1. The smallest absolute Gasteiger partial charge is 0.224 e. The predicted molar refractivity (Wildman–Crippen MR) is 83.6 cm³/mol. The molecule has 0 aliphatic heterocycles. The van der Waals surface area contributed by atoms with Crippen LogP contribution in [-0.4, -0.2) is 12.5 Å². The molecule has 0 unspecified atom stereocenters. The number of anilines is 1. The zero-order valence-electron chi connectivity index (χ0n) is 12.4. The third-order valence-electron chi connectivity index (χ3n) is 4.40.